The molecule has 0 unspecified atom stereocenters. The minimum Gasteiger partial charge on any atom is -0.323 e. The van der Waals surface area contributed by atoms with E-state index in [4.69, 9.17) is 0 Å². The molecule has 29 heavy (non-hydrogen) atoms. The molecule has 0 fully saturated rings. The zero-order valence-electron chi connectivity index (χ0n) is 16.8. The number of fused-ring (bicyclic) bond motifs is 3. The summed E-state index contributed by atoms with van der Waals surface area (Å²) in [6.07, 6.45) is 8.74. The second-order valence-electron chi connectivity index (χ2n) is 8.24. The molecule has 0 N–H and O–H groups in total. The van der Waals surface area contributed by atoms with Gasteiger partial charge in [-0.2, -0.15) is 0 Å². The number of aromatic nitrogens is 1. The van der Waals surface area contributed by atoms with Gasteiger partial charge in [-0.15, -0.1) is 0 Å². The fraction of sp³-hybridized carbons (Fsp3) is 0.0741. The van der Waals surface area contributed by atoms with Crippen LogP contribution in [0.3, 0.4) is 0 Å². The van der Waals surface area contributed by atoms with Crippen molar-refractivity contribution in [1.29, 1.82) is 0 Å². The summed E-state index contributed by atoms with van der Waals surface area (Å²) in [5.74, 6) is 0. The van der Waals surface area contributed by atoms with Crippen LogP contribution < -0.4 is 5.30 Å². The molecule has 2 heteroatoms. The normalized spacial score (nSPS) is 11.9. The van der Waals surface area contributed by atoms with Crippen LogP contribution in [0.1, 0.15) is 0 Å². The lowest BCUT2D eigenvalue weighted by Gasteiger charge is -2.14. The lowest BCUT2D eigenvalue weighted by molar-refractivity contribution is 1.21. The number of hydrogen-bond donors (Lipinski definition) is 0. The molecular weight excluding hydrogens is 369 g/mol. The minimum atomic E-state index is -1.26. The van der Waals surface area contributed by atoms with E-state index in [2.05, 4.69) is 121 Å². The minimum absolute atomic E-state index is 1.24. The van der Waals surface area contributed by atoms with Gasteiger partial charge in [0.15, 0.2) is 0 Å². The molecule has 1 nitrogen and oxygen atoms in total. The van der Waals surface area contributed by atoms with E-state index >= 15 is 0 Å². The van der Waals surface area contributed by atoms with E-state index in [-0.39, 0.29) is 0 Å². The van der Waals surface area contributed by atoms with Gasteiger partial charge in [0.25, 0.3) is 0 Å². The summed E-state index contributed by atoms with van der Waals surface area (Å²) in [6, 6.07) is 30.8. The van der Waals surface area contributed by atoms with Gasteiger partial charge in [-0.1, -0.05) is 79.9 Å². The quantitative estimate of drug-likeness (QED) is 0.298. The first-order valence-electron chi connectivity index (χ1n) is 9.88. The summed E-state index contributed by atoms with van der Waals surface area (Å²) in [7, 11) is 0. The molecule has 0 aliphatic carbocycles. The third-order valence-electron chi connectivity index (χ3n) is 5.60. The van der Waals surface area contributed by atoms with Crippen molar-refractivity contribution in [3.05, 3.63) is 97.3 Å². The first-order valence-corrected chi connectivity index (χ1v) is 12.8. The predicted octanol–water partition coefficient (Wildman–Crippen LogP) is 6.76. The van der Waals surface area contributed by atoms with E-state index in [1.807, 2.05) is 0 Å². The highest BCUT2D eigenvalue weighted by molar-refractivity contribution is 7.79. The standard InChI is InChI=1S/C27H24NP/c1-29(2,3)25-9-6-8-23(17-25)20-11-13-21(14-12-20)24-18-27-26-10-5-4-7-22(26)15-16-28(27)19-24/h4-19H,1H2,2-3H3. The number of rotatable bonds is 3. The summed E-state index contributed by atoms with van der Waals surface area (Å²) in [4.78, 5) is 0. The van der Waals surface area contributed by atoms with Gasteiger partial charge < -0.3 is 4.40 Å². The van der Waals surface area contributed by atoms with Gasteiger partial charge in [-0.05, 0) is 58.9 Å². The van der Waals surface area contributed by atoms with Crippen LogP contribution in [0.5, 0.6) is 0 Å². The maximum atomic E-state index is 4.38. The Morgan fingerprint density at radius 3 is 2.17 bits per heavy atom. The van der Waals surface area contributed by atoms with Crippen molar-refractivity contribution >= 4 is 34.8 Å². The lowest BCUT2D eigenvalue weighted by atomic mass is 10.0. The van der Waals surface area contributed by atoms with Gasteiger partial charge in [-0.3, -0.25) is 0 Å². The Morgan fingerprint density at radius 2 is 1.41 bits per heavy atom. The van der Waals surface area contributed by atoms with Crippen molar-refractivity contribution < 1.29 is 0 Å². The molecular formula is C27H24NP. The Balaban J connectivity index is 1.54. The molecule has 142 valence electrons. The molecule has 0 aliphatic rings. The van der Waals surface area contributed by atoms with Crippen molar-refractivity contribution in [1.82, 2.24) is 4.40 Å². The smallest absolute Gasteiger partial charge is 0.0534 e. The molecule has 0 amide bonds. The second-order valence-corrected chi connectivity index (χ2v) is 12.1. The van der Waals surface area contributed by atoms with Crippen LogP contribution in [0.15, 0.2) is 97.3 Å². The van der Waals surface area contributed by atoms with Gasteiger partial charge in [-0.25, -0.2) is 0 Å². The third kappa shape index (κ3) is 3.33. The van der Waals surface area contributed by atoms with Crippen LogP contribution in [0, 0.1) is 0 Å². The molecule has 5 rings (SSSR count). The molecule has 0 bridgehead atoms. The average molecular weight is 393 g/mol. The Morgan fingerprint density at radius 1 is 0.690 bits per heavy atom. The lowest BCUT2D eigenvalue weighted by Crippen LogP contribution is -2.02. The number of benzene rings is 3. The van der Waals surface area contributed by atoms with Crippen molar-refractivity contribution in [2.75, 3.05) is 13.3 Å². The number of nitrogens with zero attached hydrogens (tertiary/aromatic N) is 1. The van der Waals surface area contributed by atoms with Crippen molar-refractivity contribution in [2.24, 2.45) is 0 Å². The molecule has 0 saturated heterocycles. The average Bonchev–Trinajstić information content (AvgIpc) is 3.18. The summed E-state index contributed by atoms with van der Waals surface area (Å²) < 4.78 is 2.22. The van der Waals surface area contributed by atoms with E-state index < -0.39 is 6.89 Å². The van der Waals surface area contributed by atoms with E-state index in [9.17, 15) is 0 Å². The maximum Gasteiger partial charge on any atom is 0.0534 e. The van der Waals surface area contributed by atoms with Crippen LogP contribution in [-0.2, 0) is 0 Å². The SMILES string of the molecule is C=P(C)(C)c1cccc(-c2ccc(-c3cc4c5ccccc5ccn4c3)cc2)c1. The number of hydrogen-bond acceptors (Lipinski definition) is 0. The second kappa shape index (κ2) is 6.79. The van der Waals surface area contributed by atoms with Gasteiger partial charge >= 0.3 is 0 Å². The van der Waals surface area contributed by atoms with Gasteiger partial charge in [0.05, 0.1) is 5.52 Å². The highest BCUT2D eigenvalue weighted by atomic mass is 31.2. The van der Waals surface area contributed by atoms with Crippen LogP contribution in [-0.4, -0.2) is 24.0 Å². The maximum absolute atomic E-state index is 4.38. The Hall–Kier alpha value is -3.02. The van der Waals surface area contributed by atoms with E-state index in [1.54, 1.807) is 0 Å². The summed E-state index contributed by atoms with van der Waals surface area (Å²) >= 11 is 0. The molecule has 0 radical (unpaired) electrons. The molecule has 0 saturated carbocycles. The molecule has 3 aromatic carbocycles. The first-order chi connectivity index (χ1) is 14.0. The van der Waals surface area contributed by atoms with Crippen LogP contribution in [0.4, 0.5) is 0 Å². The van der Waals surface area contributed by atoms with Gasteiger partial charge in [0, 0.05) is 23.3 Å². The van der Waals surface area contributed by atoms with Gasteiger partial charge in [0.2, 0.25) is 0 Å². The largest absolute Gasteiger partial charge is 0.323 e. The zero-order valence-corrected chi connectivity index (χ0v) is 17.7. The van der Waals surface area contributed by atoms with Crippen molar-refractivity contribution in [3.8, 4) is 22.3 Å². The third-order valence-corrected chi connectivity index (χ3v) is 7.27. The fourth-order valence-corrected chi connectivity index (χ4v) is 4.91. The van der Waals surface area contributed by atoms with E-state index in [0.717, 1.165) is 0 Å². The molecule has 2 heterocycles. The zero-order chi connectivity index (χ0) is 20.0. The van der Waals surface area contributed by atoms with Crippen LogP contribution in [0.2, 0.25) is 0 Å². The molecule has 5 aromatic rings. The fourth-order valence-electron chi connectivity index (χ4n) is 3.93. The monoisotopic (exact) mass is 393 g/mol. The number of pyridine rings is 1. The predicted molar refractivity (Wildman–Crippen MR) is 131 cm³/mol. The van der Waals surface area contributed by atoms with Crippen molar-refractivity contribution in [2.45, 2.75) is 0 Å². The highest BCUT2D eigenvalue weighted by Crippen LogP contribution is 2.35. The summed E-state index contributed by atoms with van der Waals surface area (Å²) in [6.45, 7) is 3.26. The Kier molecular flexibility index (Phi) is 4.23. The summed E-state index contributed by atoms with van der Waals surface area (Å²) in [5.41, 5.74) is 6.24. The first kappa shape index (κ1) is 18.0. The molecule has 0 atom stereocenters. The van der Waals surface area contributed by atoms with Gasteiger partial charge in [0.1, 0.15) is 0 Å². The summed E-state index contributed by atoms with van der Waals surface area (Å²) in [5, 5.41) is 3.93. The molecule has 0 aliphatic heterocycles. The Labute approximate surface area is 172 Å². The van der Waals surface area contributed by atoms with E-state index in [0.29, 0.717) is 0 Å². The van der Waals surface area contributed by atoms with E-state index in [1.165, 1.54) is 43.8 Å². The topological polar surface area (TPSA) is 4.41 Å². The highest BCUT2D eigenvalue weighted by Gasteiger charge is 2.08. The molecule has 2 aromatic heterocycles. The van der Waals surface area contributed by atoms with Crippen LogP contribution in [0.25, 0.3) is 38.5 Å². The molecule has 0 spiro atoms. The van der Waals surface area contributed by atoms with Crippen molar-refractivity contribution in [3.63, 3.8) is 0 Å². The Bertz CT molecular complexity index is 1380. The van der Waals surface area contributed by atoms with Crippen LogP contribution >= 0.6 is 6.89 Å².